The summed E-state index contributed by atoms with van der Waals surface area (Å²) in [7, 11) is 0. The van der Waals surface area contributed by atoms with E-state index in [2.05, 4.69) is 9.97 Å². The van der Waals surface area contributed by atoms with Crippen molar-refractivity contribution < 1.29 is 13.2 Å². The predicted octanol–water partition coefficient (Wildman–Crippen LogP) is 3.68. The Balaban J connectivity index is 2.29. The zero-order valence-electron chi connectivity index (χ0n) is 11.3. The number of rotatable bonds is 3. The van der Waals surface area contributed by atoms with Crippen molar-refractivity contribution in [2.75, 3.05) is 0 Å². The Hall–Kier alpha value is -1.82. The highest BCUT2D eigenvalue weighted by molar-refractivity contribution is 5.59. The molecule has 2 aromatic rings. The van der Waals surface area contributed by atoms with E-state index in [0.717, 1.165) is 12.1 Å². The average molecular weight is 283 g/mol. The SMILES string of the molecule is CCC(C)(N)c1ncc(-c2ccc(C(F)(F)F)cc2)[nH]1. The monoisotopic (exact) mass is 283 g/mol. The van der Waals surface area contributed by atoms with E-state index >= 15 is 0 Å². The molecule has 3 N–H and O–H groups in total. The second kappa shape index (κ2) is 4.94. The van der Waals surface area contributed by atoms with E-state index in [0.29, 0.717) is 23.5 Å². The molecule has 1 unspecified atom stereocenters. The van der Waals surface area contributed by atoms with Crippen molar-refractivity contribution in [3.8, 4) is 11.3 Å². The molecule has 0 aliphatic rings. The average Bonchev–Trinajstić information content (AvgIpc) is 2.88. The van der Waals surface area contributed by atoms with Crippen LogP contribution in [-0.4, -0.2) is 9.97 Å². The lowest BCUT2D eigenvalue weighted by Crippen LogP contribution is -2.33. The fourth-order valence-corrected chi connectivity index (χ4v) is 1.76. The van der Waals surface area contributed by atoms with Crippen molar-refractivity contribution >= 4 is 0 Å². The van der Waals surface area contributed by atoms with Crippen LogP contribution in [0.1, 0.15) is 31.7 Å². The highest BCUT2D eigenvalue weighted by Crippen LogP contribution is 2.31. The van der Waals surface area contributed by atoms with Crippen LogP contribution < -0.4 is 5.73 Å². The van der Waals surface area contributed by atoms with E-state index in [-0.39, 0.29) is 0 Å². The lowest BCUT2D eigenvalue weighted by atomic mass is 10.00. The maximum atomic E-state index is 12.5. The van der Waals surface area contributed by atoms with Gasteiger partial charge in [-0.05, 0) is 31.0 Å². The molecule has 108 valence electrons. The topological polar surface area (TPSA) is 54.7 Å². The minimum absolute atomic E-state index is 0.579. The molecule has 1 heterocycles. The molecule has 0 radical (unpaired) electrons. The number of aromatic nitrogens is 2. The molecule has 0 bridgehead atoms. The summed E-state index contributed by atoms with van der Waals surface area (Å²) < 4.78 is 37.5. The van der Waals surface area contributed by atoms with Crippen LogP contribution in [0.5, 0.6) is 0 Å². The normalized spacial score (nSPS) is 15.1. The Morgan fingerprint density at radius 3 is 2.30 bits per heavy atom. The van der Waals surface area contributed by atoms with Gasteiger partial charge in [-0.2, -0.15) is 13.2 Å². The van der Waals surface area contributed by atoms with Crippen LogP contribution in [0.4, 0.5) is 13.2 Å². The number of nitrogens with one attached hydrogen (secondary N) is 1. The molecule has 0 aliphatic carbocycles. The summed E-state index contributed by atoms with van der Waals surface area (Å²) in [6, 6.07) is 4.94. The first-order valence-electron chi connectivity index (χ1n) is 6.26. The van der Waals surface area contributed by atoms with Crippen LogP contribution in [0.3, 0.4) is 0 Å². The smallest absolute Gasteiger partial charge is 0.340 e. The van der Waals surface area contributed by atoms with Crippen LogP contribution in [0.25, 0.3) is 11.3 Å². The molecule has 0 fully saturated rings. The molecule has 6 heteroatoms. The molecule has 0 saturated heterocycles. The molecule has 0 saturated carbocycles. The van der Waals surface area contributed by atoms with Crippen LogP contribution in [0.2, 0.25) is 0 Å². The van der Waals surface area contributed by atoms with Gasteiger partial charge in [0.2, 0.25) is 0 Å². The van der Waals surface area contributed by atoms with Gasteiger partial charge in [0.25, 0.3) is 0 Å². The van der Waals surface area contributed by atoms with Crippen molar-refractivity contribution in [3.05, 3.63) is 41.9 Å². The Kier molecular flexibility index (Phi) is 3.60. The summed E-state index contributed by atoms with van der Waals surface area (Å²) in [6.45, 7) is 3.79. The maximum absolute atomic E-state index is 12.5. The largest absolute Gasteiger partial charge is 0.416 e. The van der Waals surface area contributed by atoms with E-state index in [1.54, 1.807) is 6.20 Å². The highest BCUT2D eigenvalue weighted by Gasteiger charge is 2.30. The molecule has 1 aromatic heterocycles. The number of hydrogen-bond acceptors (Lipinski definition) is 2. The molecule has 1 atom stereocenters. The number of alkyl halides is 3. The number of nitrogens with zero attached hydrogens (tertiary/aromatic N) is 1. The van der Waals surface area contributed by atoms with Crippen LogP contribution >= 0.6 is 0 Å². The summed E-state index contributed by atoms with van der Waals surface area (Å²) in [5.74, 6) is 0.620. The predicted molar refractivity (Wildman–Crippen MR) is 70.9 cm³/mol. The molecule has 0 amide bonds. The summed E-state index contributed by atoms with van der Waals surface area (Å²) >= 11 is 0. The Labute approximate surface area is 115 Å². The van der Waals surface area contributed by atoms with Gasteiger partial charge in [-0.1, -0.05) is 19.1 Å². The summed E-state index contributed by atoms with van der Waals surface area (Å²) in [4.78, 5) is 7.26. The summed E-state index contributed by atoms with van der Waals surface area (Å²) in [6.07, 6.45) is -2.04. The lowest BCUT2D eigenvalue weighted by Gasteiger charge is -2.19. The van der Waals surface area contributed by atoms with Gasteiger partial charge in [-0.3, -0.25) is 0 Å². The molecule has 0 spiro atoms. The molecule has 1 aromatic carbocycles. The Morgan fingerprint density at radius 1 is 1.20 bits per heavy atom. The van der Waals surface area contributed by atoms with Gasteiger partial charge in [0.1, 0.15) is 5.82 Å². The number of nitrogens with two attached hydrogens (primary N) is 1. The third-order valence-electron chi connectivity index (χ3n) is 3.37. The first kappa shape index (κ1) is 14.6. The molecule has 0 aliphatic heterocycles. The van der Waals surface area contributed by atoms with Crippen LogP contribution in [0.15, 0.2) is 30.5 Å². The zero-order chi connectivity index (χ0) is 15.0. The van der Waals surface area contributed by atoms with Crippen molar-refractivity contribution in [1.29, 1.82) is 0 Å². The molecular formula is C14H16F3N3. The van der Waals surface area contributed by atoms with Gasteiger partial charge < -0.3 is 10.7 Å². The number of aromatic amines is 1. The van der Waals surface area contributed by atoms with Crippen LogP contribution in [0, 0.1) is 0 Å². The van der Waals surface area contributed by atoms with Crippen molar-refractivity contribution in [3.63, 3.8) is 0 Å². The number of imidazole rings is 1. The van der Waals surface area contributed by atoms with E-state index in [4.69, 9.17) is 5.73 Å². The summed E-state index contributed by atoms with van der Waals surface area (Å²) in [5, 5.41) is 0. The molecule has 2 rings (SSSR count). The minimum atomic E-state index is -4.32. The standard InChI is InChI=1S/C14H16F3N3/c1-3-13(2,18)12-19-8-11(20-12)9-4-6-10(7-5-9)14(15,16)17/h4-8H,3,18H2,1-2H3,(H,19,20). The lowest BCUT2D eigenvalue weighted by molar-refractivity contribution is -0.137. The first-order chi connectivity index (χ1) is 9.24. The second-order valence-electron chi connectivity index (χ2n) is 4.99. The summed E-state index contributed by atoms with van der Waals surface area (Å²) in [5.41, 5.74) is 6.11. The Morgan fingerprint density at radius 2 is 1.80 bits per heavy atom. The van der Waals surface area contributed by atoms with Gasteiger partial charge in [0.15, 0.2) is 0 Å². The fraction of sp³-hybridized carbons (Fsp3) is 0.357. The van der Waals surface area contributed by atoms with E-state index in [1.807, 2.05) is 13.8 Å². The maximum Gasteiger partial charge on any atom is 0.416 e. The quantitative estimate of drug-likeness (QED) is 0.902. The zero-order valence-corrected chi connectivity index (χ0v) is 11.3. The van der Waals surface area contributed by atoms with Gasteiger partial charge in [-0.25, -0.2) is 4.98 Å². The van der Waals surface area contributed by atoms with Crippen LogP contribution in [-0.2, 0) is 11.7 Å². The Bertz CT molecular complexity index is 582. The van der Waals surface area contributed by atoms with Gasteiger partial charge in [0.05, 0.1) is 23.0 Å². The van der Waals surface area contributed by atoms with Gasteiger partial charge in [-0.15, -0.1) is 0 Å². The van der Waals surface area contributed by atoms with Crippen molar-refractivity contribution in [2.24, 2.45) is 5.73 Å². The van der Waals surface area contributed by atoms with Crippen molar-refractivity contribution in [1.82, 2.24) is 9.97 Å². The molecule has 3 nitrogen and oxygen atoms in total. The first-order valence-corrected chi connectivity index (χ1v) is 6.26. The molecule has 20 heavy (non-hydrogen) atoms. The molecular weight excluding hydrogens is 267 g/mol. The number of hydrogen-bond donors (Lipinski definition) is 2. The number of H-pyrrole nitrogens is 1. The highest BCUT2D eigenvalue weighted by atomic mass is 19.4. The fourth-order valence-electron chi connectivity index (χ4n) is 1.76. The van der Waals surface area contributed by atoms with E-state index in [9.17, 15) is 13.2 Å². The number of halogens is 3. The van der Waals surface area contributed by atoms with Crippen molar-refractivity contribution in [2.45, 2.75) is 32.0 Å². The van der Waals surface area contributed by atoms with Gasteiger partial charge in [0, 0.05) is 0 Å². The van der Waals surface area contributed by atoms with Gasteiger partial charge >= 0.3 is 6.18 Å². The second-order valence-corrected chi connectivity index (χ2v) is 4.99. The van der Waals surface area contributed by atoms with E-state index < -0.39 is 17.3 Å². The van der Waals surface area contributed by atoms with E-state index in [1.165, 1.54) is 12.1 Å². The third-order valence-corrected chi connectivity index (χ3v) is 3.37. The third kappa shape index (κ3) is 2.85. The number of benzene rings is 1. The minimum Gasteiger partial charge on any atom is -0.340 e.